The Balaban J connectivity index is 2.79. The highest BCUT2D eigenvalue weighted by Gasteiger charge is 2.32. The molecule has 1 amide bonds. The van der Waals surface area contributed by atoms with E-state index in [1.165, 1.54) is 4.90 Å². The second-order valence-electron chi connectivity index (χ2n) is 3.72. The summed E-state index contributed by atoms with van der Waals surface area (Å²) in [6.45, 7) is 4.22. The molecule has 1 rings (SSSR count). The van der Waals surface area contributed by atoms with Crippen LogP contribution in [0.2, 0.25) is 0 Å². The van der Waals surface area contributed by atoms with Crippen LogP contribution in [0.5, 0.6) is 0 Å². The van der Waals surface area contributed by atoms with Crippen molar-refractivity contribution in [2.45, 2.75) is 26.3 Å². The van der Waals surface area contributed by atoms with Crippen molar-refractivity contribution in [1.82, 2.24) is 4.90 Å². The van der Waals surface area contributed by atoms with E-state index in [4.69, 9.17) is 5.11 Å². The van der Waals surface area contributed by atoms with E-state index in [-0.39, 0.29) is 5.91 Å². The molecule has 0 bridgehead atoms. The number of nitrogens with zero attached hydrogens (tertiary/aromatic N) is 1. The van der Waals surface area contributed by atoms with E-state index in [1.807, 2.05) is 13.0 Å². The molecule has 16 heavy (non-hydrogen) atoms. The second kappa shape index (κ2) is 5.94. The lowest BCUT2D eigenvalue weighted by molar-refractivity contribution is -0.147. The maximum Gasteiger partial charge on any atom is 0.327 e. The quantitative estimate of drug-likeness (QED) is 0.761. The zero-order valence-corrected chi connectivity index (χ0v) is 10.4. The van der Waals surface area contributed by atoms with E-state index >= 15 is 0 Å². The van der Waals surface area contributed by atoms with Crippen molar-refractivity contribution in [3.05, 3.63) is 11.6 Å². The molecule has 90 valence electrons. The molecule has 1 heterocycles. The van der Waals surface area contributed by atoms with E-state index in [1.54, 1.807) is 18.7 Å². The van der Waals surface area contributed by atoms with Crippen molar-refractivity contribution in [2.75, 3.05) is 18.1 Å². The van der Waals surface area contributed by atoms with Gasteiger partial charge in [0.15, 0.2) is 0 Å². The number of allylic oxidation sites excluding steroid dienone is 1. The topological polar surface area (TPSA) is 57.6 Å². The molecule has 0 aromatic heterocycles. The lowest BCUT2D eigenvalue weighted by Crippen LogP contribution is -2.50. The van der Waals surface area contributed by atoms with Gasteiger partial charge in [0.2, 0.25) is 5.91 Å². The third-order valence-corrected chi connectivity index (χ3v) is 3.54. The molecule has 1 aliphatic heterocycles. The fraction of sp³-hybridized carbons (Fsp3) is 0.636. The van der Waals surface area contributed by atoms with Crippen LogP contribution in [-0.4, -0.2) is 46.0 Å². The number of amides is 1. The Morgan fingerprint density at radius 2 is 2.25 bits per heavy atom. The highest BCUT2D eigenvalue weighted by Crippen LogP contribution is 2.18. The van der Waals surface area contributed by atoms with Crippen molar-refractivity contribution in [2.24, 2.45) is 0 Å². The molecular formula is C11H17NO3S. The first-order valence-electron chi connectivity index (χ1n) is 5.36. The summed E-state index contributed by atoms with van der Waals surface area (Å²) in [7, 11) is 0. The number of aliphatic carboxylic acids is 1. The SMILES string of the molecule is CC/C=C(/C)C(=O)N1CCSCC1C(=O)O. The van der Waals surface area contributed by atoms with Crippen LogP contribution >= 0.6 is 11.8 Å². The average molecular weight is 243 g/mol. The lowest BCUT2D eigenvalue weighted by atomic mass is 10.2. The minimum absolute atomic E-state index is 0.144. The van der Waals surface area contributed by atoms with Gasteiger partial charge in [-0.2, -0.15) is 11.8 Å². The number of carboxylic acid groups (broad SMARTS) is 1. The fourth-order valence-corrected chi connectivity index (χ4v) is 2.71. The Labute approximate surface area is 99.7 Å². The maximum absolute atomic E-state index is 12.0. The summed E-state index contributed by atoms with van der Waals surface area (Å²) in [4.78, 5) is 24.5. The van der Waals surface area contributed by atoms with Gasteiger partial charge in [0, 0.05) is 23.6 Å². The summed E-state index contributed by atoms with van der Waals surface area (Å²) in [5.41, 5.74) is 0.639. The van der Waals surface area contributed by atoms with Crippen LogP contribution < -0.4 is 0 Å². The number of carbonyl (C=O) groups is 2. The molecule has 0 aromatic rings. The highest BCUT2D eigenvalue weighted by molar-refractivity contribution is 7.99. The molecule has 1 atom stereocenters. The van der Waals surface area contributed by atoms with Gasteiger partial charge in [-0.1, -0.05) is 13.0 Å². The third-order valence-electron chi connectivity index (χ3n) is 2.52. The van der Waals surface area contributed by atoms with E-state index in [0.717, 1.165) is 12.2 Å². The van der Waals surface area contributed by atoms with Crippen LogP contribution in [0.25, 0.3) is 0 Å². The van der Waals surface area contributed by atoms with Crippen molar-refractivity contribution < 1.29 is 14.7 Å². The summed E-state index contributed by atoms with van der Waals surface area (Å²) >= 11 is 1.58. The third kappa shape index (κ3) is 3.01. The molecular weight excluding hydrogens is 226 g/mol. The maximum atomic E-state index is 12.0. The van der Waals surface area contributed by atoms with Crippen LogP contribution in [0.1, 0.15) is 20.3 Å². The van der Waals surface area contributed by atoms with Gasteiger partial charge in [-0.3, -0.25) is 4.79 Å². The van der Waals surface area contributed by atoms with Crippen molar-refractivity contribution in [3.8, 4) is 0 Å². The molecule has 4 nitrogen and oxygen atoms in total. The zero-order chi connectivity index (χ0) is 12.1. The molecule has 1 fully saturated rings. The van der Waals surface area contributed by atoms with Crippen LogP contribution in [0.3, 0.4) is 0 Å². The van der Waals surface area contributed by atoms with E-state index < -0.39 is 12.0 Å². The van der Waals surface area contributed by atoms with Gasteiger partial charge in [-0.25, -0.2) is 4.79 Å². The van der Waals surface area contributed by atoms with Crippen molar-refractivity contribution in [3.63, 3.8) is 0 Å². The standard InChI is InChI=1S/C11H17NO3S/c1-3-4-8(2)10(13)12-5-6-16-7-9(12)11(14)15/h4,9H,3,5-7H2,1-2H3,(H,14,15)/b8-4-. The molecule has 5 heteroatoms. The predicted octanol–water partition coefficient (Wildman–Crippen LogP) is 1.37. The molecule has 0 spiro atoms. The largest absolute Gasteiger partial charge is 0.480 e. The molecule has 0 aliphatic carbocycles. The smallest absolute Gasteiger partial charge is 0.327 e. The van der Waals surface area contributed by atoms with Gasteiger partial charge in [-0.05, 0) is 13.3 Å². The Morgan fingerprint density at radius 1 is 1.56 bits per heavy atom. The summed E-state index contributed by atoms with van der Waals surface area (Å²) in [5, 5.41) is 9.04. The number of rotatable bonds is 3. The minimum atomic E-state index is -0.912. The van der Waals surface area contributed by atoms with Crippen molar-refractivity contribution >= 4 is 23.6 Å². The summed E-state index contributed by atoms with van der Waals surface area (Å²) < 4.78 is 0. The van der Waals surface area contributed by atoms with Gasteiger partial charge in [0.05, 0.1) is 0 Å². The number of hydrogen-bond acceptors (Lipinski definition) is 3. The van der Waals surface area contributed by atoms with E-state index in [0.29, 0.717) is 17.9 Å². The van der Waals surface area contributed by atoms with Gasteiger partial charge in [0.1, 0.15) is 6.04 Å². The van der Waals surface area contributed by atoms with E-state index in [2.05, 4.69) is 0 Å². The molecule has 0 saturated carbocycles. The van der Waals surface area contributed by atoms with Crippen LogP contribution in [0, 0.1) is 0 Å². The Morgan fingerprint density at radius 3 is 2.81 bits per heavy atom. The Bertz CT molecular complexity index is 314. The van der Waals surface area contributed by atoms with E-state index in [9.17, 15) is 9.59 Å². The first-order valence-corrected chi connectivity index (χ1v) is 6.51. The first kappa shape index (κ1) is 13.1. The normalized spacial score (nSPS) is 22.0. The van der Waals surface area contributed by atoms with Gasteiger partial charge >= 0.3 is 5.97 Å². The van der Waals surface area contributed by atoms with Crippen LogP contribution in [-0.2, 0) is 9.59 Å². The molecule has 1 unspecified atom stereocenters. The molecule has 0 aromatic carbocycles. The second-order valence-corrected chi connectivity index (χ2v) is 4.87. The number of carbonyl (C=O) groups excluding carboxylic acids is 1. The van der Waals surface area contributed by atoms with Crippen molar-refractivity contribution in [1.29, 1.82) is 0 Å². The number of hydrogen-bond donors (Lipinski definition) is 1. The minimum Gasteiger partial charge on any atom is -0.480 e. The number of thioether (sulfide) groups is 1. The van der Waals surface area contributed by atoms with Gasteiger partial charge in [-0.15, -0.1) is 0 Å². The van der Waals surface area contributed by atoms with Crippen LogP contribution in [0.15, 0.2) is 11.6 Å². The monoisotopic (exact) mass is 243 g/mol. The summed E-state index contributed by atoms with van der Waals surface area (Å²) in [5.74, 6) is 0.245. The highest BCUT2D eigenvalue weighted by atomic mass is 32.2. The Kier molecular flexibility index (Phi) is 4.86. The molecule has 1 aliphatic rings. The average Bonchev–Trinajstić information content (AvgIpc) is 2.28. The fourth-order valence-electron chi connectivity index (χ4n) is 1.67. The van der Waals surface area contributed by atoms with Gasteiger partial charge < -0.3 is 10.0 Å². The number of carboxylic acids is 1. The lowest BCUT2D eigenvalue weighted by Gasteiger charge is -2.32. The summed E-state index contributed by atoms with van der Waals surface area (Å²) in [6.07, 6.45) is 2.63. The predicted molar refractivity (Wildman–Crippen MR) is 64.5 cm³/mol. The Hall–Kier alpha value is -0.970. The van der Waals surface area contributed by atoms with Gasteiger partial charge in [0.25, 0.3) is 0 Å². The zero-order valence-electron chi connectivity index (χ0n) is 9.60. The molecule has 1 saturated heterocycles. The summed E-state index contributed by atoms with van der Waals surface area (Å²) in [6, 6.07) is -0.675. The molecule has 1 N–H and O–H groups in total. The molecule has 0 radical (unpaired) electrons. The first-order chi connectivity index (χ1) is 7.57. The van der Waals surface area contributed by atoms with Crippen LogP contribution in [0.4, 0.5) is 0 Å².